The Balaban J connectivity index is 2.52. The van der Waals surface area contributed by atoms with Gasteiger partial charge in [0.25, 0.3) is 6.43 Å². The van der Waals surface area contributed by atoms with Gasteiger partial charge in [-0.15, -0.1) is 0 Å². The molecule has 0 unspecified atom stereocenters. The van der Waals surface area contributed by atoms with Gasteiger partial charge in [-0.25, -0.2) is 18.6 Å². The molecular formula is C12H10F2N2O2S. The lowest BCUT2D eigenvalue weighted by Gasteiger charge is -2.04. The molecule has 2 N–H and O–H groups in total. The molecule has 1 aromatic heterocycles. The van der Waals surface area contributed by atoms with Gasteiger partial charge in [0, 0.05) is 5.56 Å². The van der Waals surface area contributed by atoms with Crippen molar-refractivity contribution in [1.29, 1.82) is 0 Å². The summed E-state index contributed by atoms with van der Waals surface area (Å²) in [5, 5.41) is 0.179. The van der Waals surface area contributed by atoms with E-state index in [0.717, 1.165) is 11.3 Å². The SMILES string of the molecule is COC(=O)c1nc(N)sc1-c1cccc(C(F)F)c1. The normalized spacial score (nSPS) is 10.7. The zero-order valence-corrected chi connectivity index (χ0v) is 10.7. The Hall–Kier alpha value is -2.02. The summed E-state index contributed by atoms with van der Waals surface area (Å²) in [5.41, 5.74) is 5.94. The van der Waals surface area contributed by atoms with Gasteiger partial charge in [-0.3, -0.25) is 0 Å². The minimum absolute atomic E-state index is 0.0383. The summed E-state index contributed by atoms with van der Waals surface area (Å²) in [7, 11) is 1.22. The third-order valence-corrected chi connectivity index (χ3v) is 3.36. The third kappa shape index (κ3) is 2.70. The zero-order chi connectivity index (χ0) is 14.0. The number of rotatable bonds is 3. The van der Waals surface area contributed by atoms with Crippen molar-refractivity contribution < 1.29 is 18.3 Å². The van der Waals surface area contributed by atoms with Crippen LogP contribution in [0.5, 0.6) is 0 Å². The number of hydrogen-bond donors (Lipinski definition) is 1. The molecule has 1 aromatic carbocycles. The van der Waals surface area contributed by atoms with Gasteiger partial charge >= 0.3 is 5.97 Å². The van der Waals surface area contributed by atoms with Crippen LogP contribution in [0.25, 0.3) is 10.4 Å². The summed E-state index contributed by atoms with van der Waals surface area (Å²) in [5.74, 6) is -0.648. The Morgan fingerprint density at radius 1 is 1.47 bits per heavy atom. The Labute approximate surface area is 111 Å². The van der Waals surface area contributed by atoms with Crippen molar-refractivity contribution >= 4 is 22.4 Å². The fraction of sp³-hybridized carbons (Fsp3) is 0.167. The van der Waals surface area contributed by atoms with E-state index in [1.54, 1.807) is 6.07 Å². The first-order chi connectivity index (χ1) is 9.02. The van der Waals surface area contributed by atoms with Crippen LogP contribution in [0.15, 0.2) is 24.3 Å². The second-order valence-electron chi connectivity index (χ2n) is 3.65. The maximum Gasteiger partial charge on any atom is 0.358 e. The molecule has 0 aliphatic heterocycles. The van der Waals surface area contributed by atoms with Crippen LogP contribution in [0.2, 0.25) is 0 Å². The summed E-state index contributed by atoms with van der Waals surface area (Å²) >= 11 is 1.05. The molecule has 0 spiro atoms. The average Bonchev–Trinajstić information content (AvgIpc) is 2.80. The molecule has 0 aliphatic rings. The van der Waals surface area contributed by atoms with E-state index >= 15 is 0 Å². The quantitative estimate of drug-likeness (QED) is 0.879. The average molecular weight is 284 g/mol. The number of hydrogen-bond acceptors (Lipinski definition) is 5. The van der Waals surface area contributed by atoms with Crippen LogP contribution in [0.3, 0.4) is 0 Å². The number of thiazole rings is 1. The molecule has 0 amide bonds. The van der Waals surface area contributed by atoms with E-state index in [1.165, 1.54) is 25.3 Å². The van der Waals surface area contributed by atoms with Gasteiger partial charge in [0.2, 0.25) is 0 Å². The van der Waals surface area contributed by atoms with Crippen molar-refractivity contribution in [3.8, 4) is 10.4 Å². The highest BCUT2D eigenvalue weighted by atomic mass is 32.1. The zero-order valence-electron chi connectivity index (χ0n) is 9.89. The lowest BCUT2D eigenvalue weighted by molar-refractivity contribution is 0.0596. The van der Waals surface area contributed by atoms with Crippen molar-refractivity contribution in [1.82, 2.24) is 4.98 Å². The molecule has 0 fully saturated rings. The minimum atomic E-state index is -2.58. The number of nitrogens with two attached hydrogens (primary N) is 1. The predicted octanol–water partition coefficient (Wildman–Crippen LogP) is 3.12. The Morgan fingerprint density at radius 2 is 2.21 bits per heavy atom. The summed E-state index contributed by atoms with van der Waals surface area (Å²) in [6.07, 6.45) is -2.58. The Bertz CT molecular complexity index is 614. The van der Waals surface area contributed by atoms with Crippen LogP contribution in [0.4, 0.5) is 13.9 Å². The highest BCUT2D eigenvalue weighted by Crippen LogP contribution is 2.34. The number of halogens is 2. The number of aromatic nitrogens is 1. The molecule has 19 heavy (non-hydrogen) atoms. The predicted molar refractivity (Wildman–Crippen MR) is 68.3 cm³/mol. The van der Waals surface area contributed by atoms with Gasteiger partial charge in [0.15, 0.2) is 10.8 Å². The van der Waals surface area contributed by atoms with Gasteiger partial charge in [0.1, 0.15) is 0 Å². The van der Waals surface area contributed by atoms with Crippen LogP contribution in [-0.2, 0) is 4.74 Å². The number of benzene rings is 1. The van der Waals surface area contributed by atoms with Crippen LogP contribution >= 0.6 is 11.3 Å². The van der Waals surface area contributed by atoms with Crippen LogP contribution < -0.4 is 5.73 Å². The first-order valence-corrected chi connectivity index (χ1v) is 6.07. The first-order valence-electron chi connectivity index (χ1n) is 5.26. The van der Waals surface area contributed by atoms with E-state index in [4.69, 9.17) is 5.73 Å². The number of esters is 1. The van der Waals surface area contributed by atoms with Crippen molar-refractivity contribution in [2.45, 2.75) is 6.43 Å². The maximum absolute atomic E-state index is 12.7. The molecule has 100 valence electrons. The molecule has 2 aromatic rings. The van der Waals surface area contributed by atoms with E-state index in [9.17, 15) is 13.6 Å². The first kappa shape index (κ1) is 13.4. The number of carbonyl (C=O) groups is 1. The van der Waals surface area contributed by atoms with Crippen molar-refractivity contribution in [3.05, 3.63) is 35.5 Å². The number of methoxy groups -OCH3 is 1. The maximum atomic E-state index is 12.7. The standard InChI is InChI=1S/C12H10F2N2O2S/c1-18-11(17)8-9(19-12(15)16-8)6-3-2-4-7(5-6)10(13)14/h2-5,10H,1H3,(H2,15,16). The second kappa shape index (κ2) is 5.31. The summed E-state index contributed by atoms with van der Waals surface area (Å²) in [6.45, 7) is 0. The van der Waals surface area contributed by atoms with E-state index in [0.29, 0.717) is 10.4 Å². The van der Waals surface area contributed by atoms with Crippen LogP contribution in [0.1, 0.15) is 22.5 Å². The van der Waals surface area contributed by atoms with Crippen LogP contribution in [0, 0.1) is 0 Å². The topological polar surface area (TPSA) is 65.2 Å². The summed E-state index contributed by atoms with van der Waals surface area (Å²) in [4.78, 5) is 15.8. The molecule has 0 radical (unpaired) electrons. The largest absolute Gasteiger partial charge is 0.464 e. The molecule has 0 aliphatic carbocycles. The fourth-order valence-corrected chi connectivity index (χ4v) is 2.40. The van der Waals surface area contributed by atoms with Crippen molar-refractivity contribution in [2.24, 2.45) is 0 Å². The van der Waals surface area contributed by atoms with E-state index in [2.05, 4.69) is 9.72 Å². The number of nitrogen functional groups attached to an aromatic ring is 1. The summed E-state index contributed by atoms with van der Waals surface area (Å²) in [6, 6.07) is 5.74. The molecule has 0 saturated carbocycles. The number of carbonyl (C=O) groups excluding carboxylic acids is 1. The highest BCUT2D eigenvalue weighted by molar-refractivity contribution is 7.19. The summed E-state index contributed by atoms with van der Waals surface area (Å²) < 4.78 is 29.9. The molecule has 0 atom stereocenters. The molecule has 2 rings (SSSR count). The Morgan fingerprint density at radius 3 is 2.84 bits per heavy atom. The van der Waals surface area contributed by atoms with Gasteiger partial charge in [-0.05, 0) is 11.6 Å². The number of alkyl halides is 2. The van der Waals surface area contributed by atoms with E-state index in [1.807, 2.05) is 0 Å². The third-order valence-electron chi connectivity index (χ3n) is 2.42. The molecule has 0 saturated heterocycles. The monoisotopic (exact) mass is 284 g/mol. The number of ether oxygens (including phenoxy) is 1. The second-order valence-corrected chi connectivity index (χ2v) is 4.68. The van der Waals surface area contributed by atoms with E-state index < -0.39 is 12.4 Å². The van der Waals surface area contributed by atoms with Crippen molar-refractivity contribution in [2.75, 3.05) is 12.8 Å². The van der Waals surface area contributed by atoms with Gasteiger partial charge in [-0.1, -0.05) is 29.5 Å². The number of nitrogens with zero attached hydrogens (tertiary/aromatic N) is 1. The van der Waals surface area contributed by atoms with Gasteiger partial charge in [0.05, 0.1) is 12.0 Å². The molecule has 1 heterocycles. The minimum Gasteiger partial charge on any atom is -0.464 e. The lowest BCUT2D eigenvalue weighted by atomic mass is 10.1. The highest BCUT2D eigenvalue weighted by Gasteiger charge is 2.20. The smallest absolute Gasteiger partial charge is 0.358 e. The van der Waals surface area contributed by atoms with Crippen molar-refractivity contribution in [3.63, 3.8) is 0 Å². The molecule has 4 nitrogen and oxygen atoms in total. The lowest BCUT2D eigenvalue weighted by Crippen LogP contribution is -2.03. The van der Waals surface area contributed by atoms with Gasteiger partial charge in [-0.2, -0.15) is 0 Å². The fourth-order valence-electron chi connectivity index (χ4n) is 1.58. The molecular weight excluding hydrogens is 274 g/mol. The number of anilines is 1. The molecule has 7 heteroatoms. The molecule has 0 bridgehead atoms. The van der Waals surface area contributed by atoms with Crippen LogP contribution in [-0.4, -0.2) is 18.1 Å². The Kier molecular flexibility index (Phi) is 3.75. The van der Waals surface area contributed by atoms with Gasteiger partial charge < -0.3 is 10.5 Å². The van der Waals surface area contributed by atoms with E-state index in [-0.39, 0.29) is 16.4 Å².